The molecule has 0 amide bonds. The van der Waals surface area contributed by atoms with Gasteiger partial charge in [-0.1, -0.05) is 6.07 Å². The van der Waals surface area contributed by atoms with Crippen molar-refractivity contribution in [2.24, 2.45) is 7.05 Å². The maximum Gasteiger partial charge on any atom is 0.335 e. The van der Waals surface area contributed by atoms with Crippen molar-refractivity contribution in [2.45, 2.75) is 0 Å². The number of carbonyl (C=O) groups is 1. The number of aryl methyl sites for hydroxylation is 1. The van der Waals surface area contributed by atoms with Crippen LogP contribution in [0, 0.1) is 0 Å². The van der Waals surface area contributed by atoms with Crippen molar-refractivity contribution in [2.75, 3.05) is 11.5 Å². The van der Waals surface area contributed by atoms with Crippen molar-refractivity contribution in [3.05, 3.63) is 66.2 Å². The number of carboxylic acids is 1. The molecule has 4 aromatic rings. The fourth-order valence-corrected chi connectivity index (χ4v) is 3.47. The number of hydrogen-bond donors (Lipinski definition) is 3. The van der Waals surface area contributed by atoms with Crippen molar-refractivity contribution in [3.8, 4) is 11.3 Å². The summed E-state index contributed by atoms with van der Waals surface area (Å²) in [6.45, 7) is 0. The Balaban J connectivity index is 2.13. The highest BCUT2D eigenvalue weighted by Gasteiger charge is 2.21. The predicted molar refractivity (Wildman–Crippen MR) is 104 cm³/mol. The van der Waals surface area contributed by atoms with Crippen LogP contribution in [-0.4, -0.2) is 11.1 Å². The maximum absolute atomic E-state index is 11.1. The standard InChI is InChI=1S/C21H17N3O2/c1-24-19-11-15(23)7-9-17(19)16-8-6-14(22)10-18(16)20(24)12-2-4-13(5-3-12)21(25)26/h2-11,23H,22H2,1H3,(H,25,26)/p+1. The molecule has 0 spiro atoms. The fraction of sp³-hybridized carbons (Fsp3) is 0.0476. The Morgan fingerprint density at radius 2 is 1.46 bits per heavy atom. The van der Waals surface area contributed by atoms with E-state index in [0.717, 1.165) is 32.9 Å². The van der Waals surface area contributed by atoms with Crippen molar-refractivity contribution < 1.29 is 14.5 Å². The van der Waals surface area contributed by atoms with Crippen LogP contribution in [0.1, 0.15) is 10.4 Å². The lowest BCUT2D eigenvalue weighted by atomic mass is 9.98. The summed E-state index contributed by atoms with van der Waals surface area (Å²) in [4.78, 5) is 11.1. The number of nitrogen functional groups attached to an aromatic ring is 2. The van der Waals surface area contributed by atoms with Crippen molar-refractivity contribution in [1.82, 2.24) is 0 Å². The van der Waals surface area contributed by atoms with Gasteiger partial charge in [0.1, 0.15) is 7.05 Å². The zero-order valence-corrected chi connectivity index (χ0v) is 14.2. The van der Waals surface area contributed by atoms with Crippen LogP contribution in [0.4, 0.5) is 11.4 Å². The monoisotopic (exact) mass is 344 g/mol. The lowest BCUT2D eigenvalue weighted by Gasteiger charge is -2.11. The van der Waals surface area contributed by atoms with Gasteiger partial charge in [-0.3, -0.25) is 0 Å². The third-order valence-corrected chi connectivity index (χ3v) is 4.71. The van der Waals surface area contributed by atoms with Crippen molar-refractivity contribution in [3.63, 3.8) is 0 Å². The zero-order chi connectivity index (χ0) is 18.4. The van der Waals surface area contributed by atoms with Crippen LogP contribution in [0.3, 0.4) is 0 Å². The van der Waals surface area contributed by atoms with E-state index in [4.69, 9.17) is 16.6 Å². The molecule has 0 aliphatic heterocycles. The molecule has 0 unspecified atom stereocenters. The molecule has 128 valence electrons. The summed E-state index contributed by atoms with van der Waals surface area (Å²) >= 11 is 0. The molecule has 4 rings (SSSR count). The largest absolute Gasteiger partial charge is 0.478 e. The molecular weight excluding hydrogens is 326 g/mol. The second-order valence-electron chi connectivity index (χ2n) is 6.37. The van der Waals surface area contributed by atoms with E-state index in [-0.39, 0.29) is 5.56 Å². The number of benzene rings is 3. The van der Waals surface area contributed by atoms with E-state index in [9.17, 15) is 4.79 Å². The SMILES string of the molecule is C[n+]1c(-c2ccc(C(=O)O)cc2)c2cc(N)ccc2c2ccc(N)cc21. The van der Waals surface area contributed by atoms with Gasteiger partial charge in [-0.25, -0.2) is 4.79 Å². The topological polar surface area (TPSA) is 93.2 Å². The van der Waals surface area contributed by atoms with Crippen LogP contribution in [0.25, 0.3) is 32.9 Å². The van der Waals surface area contributed by atoms with Crippen molar-refractivity contribution >= 4 is 39.0 Å². The summed E-state index contributed by atoms with van der Waals surface area (Å²) in [7, 11) is 1.98. The molecule has 5 N–H and O–H groups in total. The molecule has 0 bridgehead atoms. The average molecular weight is 344 g/mol. The average Bonchev–Trinajstić information content (AvgIpc) is 2.62. The summed E-state index contributed by atoms with van der Waals surface area (Å²) in [6.07, 6.45) is 0. The Morgan fingerprint density at radius 3 is 2.12 bits per heavy atom. The Hall–Kier alpha value is -3.60. The van der Waals surface area contributed by atoms with Gasteiger partial charge in [0, 0.05) is 28.4 Å². The van der Waals surface area contributed by atoms with Crippen LogP contribution in [0.5, 0.6) is 0 Å². The summed E-state index contributed by atoms with van der Waals surface area (Å²) in [5, 5.41) is 12.3. The van der Waals surface area contributed by atoms with Crippen LogP contribution in [0.2, 0.25) is 0 Å². The number of hydrogen-bond acceptors (Lipinski definition) is 3. The summed E-state index contributed by atoms with van der Waals surface area (Å²) in [5.74, 6) is -0.943. The molecule has 1 heterocycles. The third kappa shape index (κ3) is 2.41. The van der Waals surface area contributed by atoms with Gasteiger partial charge < -0.3 is 16.6 Å². The first-order valence-corrected chi connectivity index (χ1v) is 8.20. The first-order chi connectivity index (χ1) is 12.5. The lowest BCUT2D eigenvalue weighted by molar-refractivity contribution is -0.632. The Kier molecular flexibility index (Phi) is 3.51. The molecule has 0 radical (unpaired) electrons. The van der Waals surface area contributed by atoms with E-state index >= 15 is 0 Å². The highest BCUT2D eigenvalue weighted by molar-refractivity contribution is 6.10. The lowest BCUT2D eigenvalue weighted by Crippen LogP contribution is -2.32. The Bertz CT molecular complexity index is 1180. The van der Waals surface area contributed by atoms with Crippen LogP contribution in [0.15, 0.2) is 60.7 Å². The van der Waals surface area contributed by atoms with E-state index < -0.39 is 5.97 Å². The molecule has 1 aromatic heterocycles. The molecule has 26 heavy (non-hydrogen) atoms. The first kappa shape index (κ1) is 15.9. The quantitative estimate of drug-likeness (QED) is 0.295. The smallest absolute Gasteiger partial charge is 0.335 e. The zero-order valence-electron chi connectivity index (χ0n) is 14.2. The van der Waals surface area contributed by atoms with Gasteiger partial charge in [-0.15, -0.1) is 0 Å². The molecule has 3 aromatic carbocycles. The number of carboxylic acid groups (broad SMARTS) is 1. The number of nitrogens with two attached hydrogens (primary N) is 2. The predicted octanol–water partition coefficient (Wildman–Crippen LogP) is 3.35. The molecule has 5 heteroatoms. The highest BCUT2D eigenvalue weighted by Crippen LogP contribution is 2.33. The van der Waals surface area contributed by atoms with Gasteiger partial charge in [-0.2, -0.15) is 4.57 Å². The molecule has 0 atom stereocenters. The van der Waals surface area contributed by atoms with E-state index in [1.165, 1.54) is 0 Å². The number of nitrogens with zero attached hydrogens (tertiary/aromatic N) is 1. The van der Waals surface area contributed by atoms with E-state index in [0.29, 0.717) is 11.4 Å². The first-order valence-electron chi connectivity index (χ1n) is 8.20. The number of pyridine rings is 1. The Labute approximate surface area is 150 Å². The van der Waals surface area contributed by atoms with Gasteiger partial charge in [0.25, 0.3) is 0 Å². The molecule has 0 aliphatic carbocycles. The number of rotatable bonds is 2. The van der Waals surface area contributed by atoms with Gasteiger partial charge in [0.15, 0.2) is 0 Å². The third-order valence-electron chi connectivity index (χ3n) is 4.71. The van der Waals surface area contributed by atoms with Gasteiger partial charge in [0.2, 0.25) is 11.2 Å². The second-order valence-corrected chi connectivity index (χ2v) is 6.37. The minimum absolute atomic E-state index is 0.255. The maximum atomic E-state index is 11.1. The normalized spacial score (nSPS) is 11.1. The number of fused-ring (bicyclic) bond motifs is 3. The summed E-state index contributed by atoms with van der Waals surface area (Å²) in [6, 6.07) is 18.6. The molecule has 0 saturated heterocycles. The highest BCUT2D eigenvalue weighted by atomic mass is 16.4. The summed E-state index contributed by atoms with van der Waals surface area (Å²) < 4.78 is 2.07. The minimum Gasteiger partial charge on any atom is -0.478 e. The number of aromatic nitrogens is 1. The Morgan fingerprint density at radius 1 is 0.846 bits per heavy atom. The minimum atomic E-state index is -0.943. The molecule has 0 fully saturated rings. The molecular formula is C21H18N3O2+. The van der Waals surface area contributed by atoms with E-state index in [1.54, 1.807) is 12.1 Å². The summed E-state index contributed by atoms with van der Waals surface area (Å²) in [5.41, 5.74) is 16.5. The molecule has 0 aliphatic rings. The molecule has 0 saturated carbocycles. The second kappa shape index (κ2) is 5.74. The van der Waals surface area contributed by atoms with Crippen LogP contribution >= 0.6 is 0 Å². The van der Waals surface area contributed by atoms with Crippen LogP contribution in [-0.2, 0) is 7.05 Å². The van der Waals surface area contributed by atoms with Gasteiger partial charge in [-0.05, 0) is 48.5 Å². The number of anilines is 2. The van der Waals surface area contributed by atoms with Gasteiger partial charge in [0.05, 0.1) is 16.3 Å². The number of aromatic carboxylic acids is 1. The molecule has 5 nitrogen and oxygen atoms in total. The van der Waals surface area contributed by atoms with Crippen molar-refractivity contribution in [1.29, 1.82) is 0 Å². The van der Waals surface area contributed by atoms with Gasteiger partial charge >= 0.3 is 5.97 Å². The van der Waals surface area contributed by atoms with E-state index in [2.05, 4.69) is 4.57 Å². The van der Waals surface area contributed by atoms with Crippen LogP contribution < -0.4 is 16.0 Å². The fourth-order valence-electron chi connectivity index (χ4n) is 3.47. The van der Waals surface area contributed by atoms with E-state index in [1.807, 2.05) is 55.6 Å².